The van der Waals surface area contributed by atoms with Crippen molar-refractivity contribution in [2.75, 3.05) is 6.61 Å². The number of ether oxygens (including phenoxy) is 1. The Bertz CT molecular complexity index is 308. The zero-order chi connectivity index (χ0) is 9.26. The zero-order valence-electron chi connectivity index (χ0n) is 7.16. The van der Waals surface area contributed by atoms with Crippen molar-refractivity contribution < 1.29 is 9.84 Å². The van der Waals surface area contributed by atoms with Gasteiger partial charge in [-0.05, 0) is 30.9 Å². The van der Waals surface area contributed by atoms with Crippen molar-refractivity contribution in [1.82, 2.24) is 0 Å². The van der Waals surface area contributed by atoms with Gasteiger partial charge in [-0.2, -0.15) is 0 Å². The van der Waals surface area contributed by atoms with Crippen LogP contribution in [0.2, 0.25) is 5.02 Å². The van der Waals surface area contributed by atoms with Crippen LogP contribution in [-0.2, 0) is 0 Å². The predicted octanol–water partition coefficient (Wildman–Crippen LogP) is 2.83. The number of phenolic OH excluding ortho intramolecular Hbond substituents is 1. The quantitative estimate of drug-likeness (QED) is 0.810. The Morgan fingerprint density at radius 2 is 2.23 bits per heavy atom. The first kappa shape index (κ1) is 8.70. The van der Waals surface area contributed by atoms with E-state index in [1.807, 2.05) is 0 Å². The molecule has 0 atom stereocenters. The van der Waals surface area contributed by atoms with Gasteiger partial charge in [0.1, 0.15) is 0 Å². The van der Waals surface area contributed by atoms with Gasteiger partial charge in [0.15, 0.2) is 11.5 Å². The van der Waals surface area contributed by atoms with Gasteiger partial charge in [0, 0.05) is 11.1 Å². The molecule has 3 heteroatoms. The molecule has 1 saturated carbocycles. The predicted molar refractivity (Wildman–Crippen MR) is 51.3 cm³/mol. The molecule has 1 N–H and O–H groups in total. The summed E-state index contributed by atoms with van der Waals surface area (Å²) >= 11 is 5.68. The van der Waals surface area contributed by atoms with Crippen molar-refractivity contribution in [1.29, 1.82) is 0 Å². The Hall–Kier alpha value is -0.890. The summed E-state index contributed by atoms with van der Waals surface area (Å²) in [5, 5.41) is 9.94. The molecule has 1 aliphatic carbocycles. The third kappa shape index (κ3) is 2.28. The molecule has 1 aromatic rings. The van der Waals surface area contributed by atoms with Crippen molar-refractivity contribution in [2.24, 2.45) is 5.92 Å². The summed E-state index contributed by atoms with van der Waals surface area (Å²) in [7, 11) is 0. The van der Waals surface area contributed by atoms with Gasteiger partial charge >= 0.3 is 0 Å². The fraction of sp³-hybridized carbons (Fsp3) is 0.400. The first-order chi connectivity index (χ1) is 6.25. The highest BCUT2D eigenvalue weighted by molar-refractivity contribution is 6.30. The van der Waals surface area contributed by atoms with Crippen LogP contribution in [0.1, 0.15) is 12.8 Å². The summed E-state index contributed by atoms with van der Waals surface area (Å²) in [5.74, 6) is 1.33. The Morgan fingerprint density at radius 3 is 2.85 bits per heavy atom. The molecule has 13 heavy (non-hydrogen) atoms. The Kier molecular flexibility index (Phi) is 2.32. The maximum Gasteiger partial charge on any atom is 0.161 e. The van der Waals surface area contributed by atoms with Crippen LogP contribution in [0, 0.1) is 5.92 Å². The maximum atomic E-state index is 9.42. The van der Waals surface area contributed by atoms with E-state index < -0.39 is 0 Å². The monoisotopic (exact) mass is 198 g/mol. The molecular weight excluding hydrogens is 188 g/mol. The van der Waals surface area contributed by atoms with Gasteiger partial charge in [0.05, 0.1) is 6.61 Å². The number of rotatable bonds is 3. The van der Waals surface area contributed by atoms with Gasteiger partial charge in [0.2, 0.25) is 0 Å². The topological polar surface area (TPSA) is 29.5 Å². The second kappa shape index (κ2) is 3.46. The molecule has 0 radical (unpaired) electrons. The van der Waals surface area contributed by atoms with Gasteiger partial charge in [-0.25, -0.2) is 0 Å². The number of hydrogen-bond acceptors (Lipinski definition) is 2. The van der Waals surface area contributed by atoms with E-state index in [1.54, 1.807) is 12.1 Å². The van der Waals surface area contributed by atoms with Crippen LogP contribution < -0.4 is 4.74 Å². The minimum absolute atomic E-state index is 0.119. The van der Waals surface area contributed by atoms with Gasteiger partial charge in [-0.3, -0.25) is 0 Å². The molecule has 0 aromatic heterocycles. The summed E-state index contributed by atoms with van der Waals surface area (Å²) in [6.07, 6.45) is 2.49. The van der Waals surface area contributed by atoms with E-state index in [9.17, 15) is 5.11 Å². The fourth-order valence-corrected chi connectivity index (χ4v) is 1.27. The third-order valence-electron chi connectivity index (χ3n) is 2.09. The van der Waals surface area contributed by atoms with Crippen molar-refractivity contribution in [3.05, 3.63) is 23.2 Å². The SMILES string of the molecule is Oc1cc(Cl)ccc1OCC1CC1. The molecule has 0 saturated heterocycles. The van der Waals surface area contributed by atoms with E-state index in [0.717, 1.165) is 0 Å². The lowest BCUT2D eigenvalue weighted by molar-refractivity contribution is 0.284. The smallest absolute Gasteiger partial charge is 0.161 e. The Morgan fingerprint density at radius 1 is 1.46 bits per heavy atom. The molecule has 0 aliphatic heterocycles. The molecule has 2 nitrogen and oxygen atoms in total. The standard InChI is InChI=1S/C10H11ClO2/c11-8-3-4-10(9(12)5-8)13-6-7-1-2-7/h3-5,7,12H,1-2,6H2. The molecule has 0 unspecified atom stereocenters. The number of halogens is 1. The Balaban J connectivity index is 2.01. The first-order valence-corrected chi connectivity index (χ1v) is 4.75. The summed E-state index contributed by atoms with van der Waals surface area (Å²) in [5.41, 5.74) is 0. The number of benzene rings is 1. The van der Waals surface area contributed by atoms with Crippen molar-refractivity contribution >= 4 is 11.6 Å². The van der Waals surface area contributed by atoms with Gasteiger partial charge < -0.3 is 9.84 Å². The summed E-state index contributed by atoms with van der Waals surface area (Å²) < 4.78 is 5.41. The van der Waals surface area contributed by atoms with E-state index in [2.05, 4.69) is 0 Å². The van der Waals surface area contributed by atoms with Crippen LogP contribution >= 0.6 is 11.6 Å². The lowest BCUT2D eigenvalue weighted by atomic mass is 10.3. The van der Waals surface area contributed by atoms with E-state index in [-0.39, 0.29) is 5.75 Å². The molecule has 1 aromatic carbocycles. The second-order valence-corrected chi connectivity index (χ2v) is 3.80. The number of aromatic hydroxyl groups is 1. The summed E-state index contributed by atoms with van der Waals surface area (Å²) in [4.78, 5) is 0. The minimum Gasteiger partial charge on any atom is -0.504 e. The van der Waals surface area contributed by atoms with Crippen molar-refractivity contribution in [3.8, 4) is 11.5 Å². The molecule has 1 fully saturated rings. The van der Waals surface area contributed by atoms with Crippen LogP contribution in [0.25, 0.3) is 0 Å². The van der Waals surface area contributed by atoms with E-state index in [4.69, 9.17) is 16.3 Å². The highest BCUT2D eigenvalue weighted by Gasteiger charge is 2.22. The third-order valence-corrected chi connectivity index (χ3v) is 2.33. The van der Waals surface area contributed by atoms with Gasteiger partial charge in [0.25, 0.3) is 0 Å². The van der Waals surface area contributed by atoms with Gasteiger partial charge in [-0.15, -0.1) is 0 Å². The van der Waals surface area contributed by atoms with E-state index in [0.29, 0.717) is 23.3 Å². The molecule has 0 spiro atoms. The molecular formula is C10H11ClO2. The van der Waals surface area contributed by atoms with Crippen LogP contribution in [0.3, 0.4) is 0 Å². The van der Waals surface area contributed by atoms with E-state index in [1.165, 1.54) is 18.9 Å². The normalized spacial score (nSPS) is 15.8. The lowest BCUT2D eigenvalue weighted by Crippen LogP contribution is -1.98. The molecule has 2 rings (SSSR count). The number of hydrogen-bond donors (Lipinski definition) is 1. The van der Waals surface area contributed by atoms with Crippen LogP contribution in [-0.4, -0.2) is 11.7 Å². The lowest BCUT2D eigenvalue weighted by Gasteiger charge is -2.06. The van der Waals surface area contributed by atoms with Crippen LogP contribution in [0.4, 0.5) is 0 Å². The Labute approximate surface area is 82.1 Å². The molecule has 0 heterocycles. The highest BCUT2D eigenvalue weighted by Crippen LogP contribution is 2.33. The molecule has 70 valence electrons. The van der Waals surface area contributed by atoms with Crippen molar-refractivity contribution in [3.63, 3.8) is 0 Å². The first-order valence-electron chi connectivity index (χ1n) is 4.37. The molecule has 0 bridgehead atoms. The van der Waals surface area contributed by atoms with Crippen LogP contribution in [0.5, 0.6) is 11.5 Å². The number of phenols is 1. The van der Waals surface area contributed by atoms with Gasteiger partial charge in [-0.1, -0.05) is 11.6 Å². The minimum atomic E-state index is 0.119. The maximum absolute atomic E-state index is 9.42. The average molecular weight is 199 g/mol. The highest BCUT2D eigenvalue weighted by atomic mass is 35.5. The fourth-order valence-electron chi connectivity index (χ4n) is 1.10. The average Bonchev–Trinajstić information content (AvgIpc) is 2.86. The summed E-state index contributed by atoms with van der Waals surface area (Å²) in [6, 6.07) is 4.90. The largest absolute Gasteiger partial charge is 0.504 e. The second-order valence-electron chi connectivity index (χ2n) is 3.37. The molecule has 0 amide bonds. The van der Waals surface area contributed by atoms with Crippen molar-refractivity contribution in [2.45, 2.75) is 12.8 Å². The van der Waals surface area contributed by atoms with E-state index >= 15 is 0 Å². The van der Waals surface area contributed by atoms with Crippen LogP contribution in [0.15, 0.2) is 18.2 Å². The zero-order valence-corrected chi connectivity index (χ0v) is 7.92. The molecule has 1 aliphatic rings. The summed E-state index contributed by atoms with van der Waals surface area (Å²) in [6.45, 7) is 0.704.